The van der Waals surface area contributed by atoms with E-state index in [1.165, 1.54) is 50.0 Å². The number of hydrogen-bond acceptors (Lipinski definition) is 2. The highest BCUT2D eigenvalue weighted by Gasteiger charge is 2.36. The van der Waals surface area contributed by atoms with Crippen LogP contribution in [0.15, 0.2) is 18.2 Å². The minimum absolute atomic E-state index is 0.779. The van der Waals surface area contributed by atoms with Gasteiger partial charge in [-0.3, -0.25) is 0 Å². The van der Waals surface area contributed by atoms with Gasteiger partial charge in [0.2, 0.25) is 0 Å². The topological polar surface area (TPSA) is 15.3 Å². The van der Waals surface area contributed by atoms with Gasteiger partial charge in [0, 0.05) is 18.3 Å². The molecule has 0 bridgehead atoms. The average Bonchev–Trinajstić information content (AvgIpc) is 2.38. The molecular weight excluding hydrogens is 232 g/mol. The van der Waals surface area contributed by atoms with Gasteiger partial charge in [0.25, 0.3) is 0 Å². The standard InChI is InChI=1S/C17H26N2/c1-3-18-12-15-7-9-17(15)19-10-4-5-14-11-13(2)6-8-16(14)19/h6,8,11,15,17-18H,3-5,7,9-10,12H2,1-2H3. The van der Waals surface area contributed by atoms with E-state index in [0.717, 1.165) is 18.5 Å². The van der Waals surface area contributed by atoms with Gasteiger partial charge in [0.05, 0.1) is 0 Å². The molecule has 1 saturated carbocycles. The zero-order valence-corrected chi connectivity index (χ0v) is 12.3. The summed E-state index contributed by atoms with van der Waals surface area (Å²) in [5.41, 5.74) is 4.49. The highest BCUT2D eigenvalue weighted by molar-refractivity contribution is 5.58. The molecule has 0 amide bonds. The number of rotatable bonds is 4. The van der Waals surface area contributed by atoms with Gasteiger partial charge in [-0.25, -0.2) is 0 Å². The smallest absolute Gasteiger partial charge is 0.0401 e. The van der Waals surface area contributed by atoms with Crippen molar-refractivity contribution in [3.8, 4) is 0 Å². The van der Waals surface area contributed by atoms with Crippen LogP contribution in [-0.2, 0) is 6.42 Å². The van der Waals surface area contributed by atoms with E-state index in [-0.39, 0.29) is 0 Å². The molecule has 1 aliphatic heterocycles. The lowest BCUT2D eigenvalue weighted by Gasteiger charge is -2.48. The number of anilines is 1. The summed E-state index contributed by atoms with van der Waals surface area (Å²) in [6, 6.07) is 7.79. The molecule has 1 aliphatic carbocycles. The van der Waals surface area contributed by atoms with Crippen LogP contribution in [0.1, 0.15) is 37.3 Å². The van der Waals surface area contributed by atoms with Crippen LogP contribution >= 0.6 is 0 Å². The monoisotopic (exact) mass is 258 g/mol. The predicted molar refractivity (Wildman–Crippen MR) is 81.9 cm³/mol. The van der Waals surface area contributed by atoms with E-state index in [1.54, 1.807) is 5.56 Å². The molecule has 0 saturated heterocycles. The zero-order valence-electron chi connectivity index (χ0n) is 12.3. The summed E-state index contributed by atoms with van der Waals surface area (Å²) in [6.45, 7) is 7.95. The molecule has 1 aromatic carbocycles. The van der Waals surface area contributed by atoms with Crippen molar-refractivity contribution in [2.24, 2.45) is 5.92 Å². The molecule has 19 heavy (non-hydrogen) atoms. The average molecular weight is 258 g/mol. The van der Waals surface area contributed by atoms with Crippen LogP contribution in [0.3, 0.4) is 0 Å². The number of nitrogens with zero attached hydrogens (tertiary/aromatic N) is 1. The number of nitrogens with one attached hydrogen (secondary N) is 1. The Hall–Kier alpha value is -1.02. The van der Waals surface area contributed by atoms with Gasteiger partial charge in [-0.05, 0) is 63.2 Å². The number of fused-ring (bicyclic) bond motifs is 1. The Morgan fingerprint density at radius 3 is 2.95 bits per heavy atom. The fourth-order valence-corrected chi connectivity index (χ4v) is 3.63. The molecule has 0 aromatic heterocycles. The van der Waals surface area contributed by atoms with Crippen molar-refractivity contribution < 1.29 is 0 Å². The Bertz CT molecular complexity index is 441. The molecular formula is C17H26N2. The lowest BCUT2D eigenvalue weighted by molar-refractivity contribution is 0.232. The molecule has 2 unspecified atom stereocenters. The largest absolute Gasteiger partial charge is 0.368 e. The molecule has 1 N–H and O–H groups in total. The Morgan fingerprint density at radius 1 is 1.32 bits per heavy atom. The van der Waals surface area contributed by atoms with Crippen molar-refractivity contribution in [2.75, 3.05) is 24.5 Å². The van der Waals surface area contributed by atoms with Crippen molar-refractivity contribution in [1.82, 2.24) is 5.32 Å². The molecule has 0 spiro atoms. The number of aryl methyl sites for hydroxylation is 2. The van der Waals surface area contributed by atoms with Crippen LogP contribution in [0, 0.1) is 12.8 Å². The third-order valence-corrected chi connectivity index (χ3v) is 4.82. The zero-order chi connectivity index (χ0) is 13.2. The maximum absolute atomic E-state index is 3.53. The summed E-state index contributed by atoms with van der Waals surface area (Å²) in [5.74, 6) is 0.854. The first kappa shape index (κ1) is 13.0. The summed E-state index contributed by atoms with van der Waals surface area (Å²) in [5, 5.41) is 3.53. The molecule has 2 aliphatic rings. The van der Waals surface area contributed by atoms with Gasteiger partial charge < -0.3 is 10.2 Å². The first-order chi connectivity index (χ1) is 9.29. The second kappa shape index (κ2) is 5.54. The summed E-state index contributed by atoms with van der Waals surface area (Å²) < 4.78 is 0. The number of hydrogen-bond donors (Lipinski definition) is 1. The lowest BCUT2D eigenvalue weighted by atomic mass is 9.77. The molecule has 2 atom stereocenters. The lowest BCUT2D eigenvalue weighted by Crippen LogP contribution is -2.52. The molecule has 104 valence electrons. The molecule has 3 rings (SSSR count). The maximum atomic E-state index is 3.53. The Labute approximate surface area is 117 Å². The summed E-state index contributed by atoms with van der Waals surface area (Å²) >= 11 is 0. The van der Waals surface area contributed by atoms with E-state index in [4.69, 9.17) is 0 Å². The summed E-state index contributed by atoms with van der Waals surface area (Å²) in [4.78, 5) is 2.70. The van der Waals surface area contributed by atoms with Gasteiger partial charge in [-0.2, -0.15) is 0 Å². The van der Waals surface area contributed by atoms with Crippen LogP contribution in [0.4, 0.5) is 5.69 Å². The molecule has 0 radical (unpaired) electrons. The molecule has 2 nitrogen and oxygen atoms in total. The van der Waals surface area contributed by atoms with Gasteiger partial charge >= 0.3 is 0 Å². The first-order valence-corrected chi connectivity index (χ1v) is 7.86. The number of benzene rings is 1. The van der Waals surface area contributed by atoms with E-state index >= 15 is 0 Å². The third-order valence-electron chi connectivity index (χ3n) is 4.82. The minimum atomic E-state index is 0.779. The Morgan fingerprint density at radius 2 is 2.21 bits per heavy atom. The Balaban J connectivity index is 1.76. The van der Waals surface area contributed by atoms with Gasteiger partial charge in [0.15, 0.2) is 0 Å². The predicted octanol–water partition coefficient (Wildman–Crippen LogP) is 3.14. The van der Waals surface area contributed by atoms with Gasteiger partial charge in [-0.1, -0.05) is 24.6 Å². The van der Waals surface area contributed by atoms with Crippen LogP contribution < -0.4 is 10.2 Å². The quantitative estimate of drug-likeness (QED) is 0.892. The molecule has 1 aromatic rings. The van der Waals surface area contributed by atoms with Crippen LogP contribution in [0.2, 0.25) is 0 Å². The van der Waals surface area contributed by atoms with E-state index < -0.39 is 0 Å². The SMILES string of the molecule is CCNCC1CCC1N1CCCc2cc(C)ccc21. The third kappa shape index (κ3) is 2.51. The van der Waals surface area contributed by atoms with Crippen molar-refractivity contribution in [1.29, 1.82) is 0 Å². The first-order valence-electron chi connectivity index (χ1n) is 7.86. The molecule has 2 heteroatoms. The molecule has 1 fully saturated rings. The van der Waals surface area contributed by atoms with E-state index in [1.807, 2.05) is 0 Å². The van der Waals surface area contributed by atoms with E-state index in [9.17, 15) is 0 Å². The van der Waals surface area contributed by atoms with E-state index in [2.05, 4.69) is 42.3 Å². The second-order valence-electron chi connectivity index (χ2n) is 6.14. The minimum Gasteiger partial charge on any atom is -0.368 e. The summed E-state index contributed by atoms with van der Waals surface area (Å²) in [7, 11) is 0. The van der Waals surface area contributed by atoms with E-state index in [0.29, 0.717) is 0 Å². The van der Waals surface area contributed by atoms with Crippen molar-refractivity contribution in [3.63, 3.8) is 0 Å². The normalized spacial score (nSPS) is 25.9. The fourth-order valence-electron chi connectivity index (χ4n) is 3.63. The van der Waals surface area contributed by atoms with Crippen molar-refractivity contribution in [3.05, 3.63) is 29.3 Å². The summed E-state index contributed by atoms with van der Waals surface area (Å²) in [6.07, 6.45) is 5.36. The van der Waals surface area contributed by atoms with Crippen molar-refractivity contribution in [2.45, 2.75) is 45.6 Å². The van der Waals surface area contributed by atoms with Crippen molar-refractivity contribution >= 4 is 5.69 Å². The maximum Gasteiger partial charge on any atom is 0.0401 e. The van der Waals surface area contributed by atoms with Gasteiger partial charge in [0.1, 0.15) is 0 Å². The van der Waals surface area contributed by atoms with Crippen LogP contribution in [0.5, 0.6) is 0 Å². The van der Waals surface area contributed by atoms with Gasteiger partial charge in [-0.15, -0.1) is 0 Å². The highest BCUT2D eigenvalue weighted by Crippen LogP contribution is 2.38. The Kier molecular flexibility index (Phi) is 3.79. The molecule has 1 heterocycles. The van der Waals surface area contributed by atoms with Crippen LogP contribution in [0.25, 0.3) is 0 Å². The van der Waals surface area contributed by atoms with Crippen LogP contribution in [-0.4, -0.2) is 25.7 Å². The second-order valence-corrected chi connectivity index (χ2v) is 6.14. The highest BCUT2D eigenvalue weighted by atomic mass is 15.2. The fraction of sp³-hybridized carbons (Fsp3) is 0.647.